The van der Waals surface area contributed by atoms with E-state index in [1.807, 2.05) is 24.3 Å². The first-order chi connectivity index (χ1) is 13.2. The van der Waals surface area contributed by atoms with Crippen LogP contribution in [0.25, 0.3) is 21.9 Å². The summed E-state index contributed by atoms with van der Waals surface area (Å²) >= 11 is 1.59. The first-order valence-corrected chi connectivity index (χ1v) is 9.64. The fraction of sp³-hybridized carbons (Fsp3) is 0.211. The van der Waals surface area contributed by atoms with Gasteiger partial charge in [-0.05, 0) is 18.2 Å². The van der Waals surface area contributed by atoms with Crippen LogP contribution in [0.2, 0.25) is 0 Å². The maximum absolute atomic E-state index is 13.1. The summed E-state index contributed by atoms with van der Waals surface area (Å²) < 4.78 is 8.71. The minimum absolute atomic E-state index is 0.0497. The number of benzene rings is 1. The second-order valence-electron chi connectivity index (χ2n) is 6.36. The Labute approximate surface area is 158 Å². The normalized spacial score (nSPS) is 13.3. The third-order valence-electron chi connectivity index (χ3n) is 4.72. The molecule has 27 heavy (non-hydrogen) atoms. The van der Waals surface area contributed by atoms with Gasteiger partial charge in [-0.1, -0.05) is 30.0 Å². The summed E-state index contributed by atoms with van der Waals surface area (Å²) in [6, 6.07) is 11.3. The molecule has 1 aliphatic rings. The molecule has 0 saturated heterocycles. The van der Waals surface area contributed by atoms with Crippen LogP contribution in [0.1, 0.15) is 5.76 Å². The molecule has 0 saturated carbocycles. The number of fused-ring (bicyclic) bond motifs is 4. The Hall–Kier alpha value is -3.00. The van der Waals surface area contributed by atoms with Crippen LogP contribution >= 0.6 is 11.8 Å². The number of thioether (sulfide) groups is 1. The van der Waals surface area contributed by atoms with Crippen molar-refractivity contribution in [2.24, 2.45) is 0 Å². The summed E-state index contributed by atoms with van der Waals surface area (Å²) in [6.45, 7) is 1.01. The number of aromatic nitrogens is 3. The third-order valence-corrected chi connectivity index (χ3v) is 5.67. The summed E-state index contributed by atoms with van der Waals surface area (Å²) in [7, 11) is 0. The van der Waals surface area contributed by atoms with Gasteiger partial charge in [-0.25, -0.2) is 4.98 Å². The van der Waals surface area contributed by atoms with E-state index in [2.05, 4.69) is 5.32 Å². The van der Waals surface area contributed by atoms with Crippen LogP contribution in [-0.2, 0) is 24.4 Å². The van der Waals surface area contributed by atoms with Gasteiger partial charge in [0, 0.05) is 17.7 Å². The Balaban J connectivity index is 1.59. The Kier molecular flexibility index (Phi) is 3.78. The van der Waals surface area contributed by atoms with E-state index in [1.54, 1.807) is 39.3 Å². The number of nitrogens with zero attached hydrogens (tertiary/aromatic N) is 3. The van der Waals surface area contributed by atoms with Crippen LogP contribution < -0.4 is 10.9 Å². The van der Waals surface area contributed by atoms with Crippen LogP contribution in [0.5, 0.6) is 0 Å². The maximum Gasteiger partial charge on any atom is 0.278 e. The zero-order valence-electron chi connectivity index (χ0n) is 14.3. The number of furan rings is 1. The molecule has 1 aromatic carbocycles. The molecule has 0 unspecified atom stereocenters. The van der Waals surface area contributed by atoms with Crippen molar-refractivity contribution < 1.29 is 9.21 Å². The molecule has 7 nitrogen and oxygen atoms in total. The first kappa shape index (κ1) is 16.2. The van der Waals surface area contributed by atoms with Crippen LogP contribution in [0, 0.1) is 0 Å². The molecule has 4 heterocycles. The van der Waals surface area contributed by atoms with Crippen LogP contribution in [0.15, 0.2) is 57.0 Å². The topological polar surface area (TPSA) is 82.1 Å². The molecule has 0 spiro atoms. The lowest BCUT2D eigenvalue weighted by Gasteiger charge is -2.08. The molecule has 0 fully saturated rings. The molecule has 0 atom stereocenters. The number of carbonyl (C=O) groups is 1. The largest absolute Gasteiger partial charge is 0.467 e. The van der Waals surface area contributed by atoms with Gasteiger partial charge in [-0.15, -0.1) is 0 Å². The molecule has 4 aromatic rings. The van der Waals surface area contributed by atoms with E-state index in [1.165, 1.54) is 0 Å². The van der Waals surface area contributed by atoms with Gasteiger partial charge in [0.25, 0.3) is 5.56 Å². The fourth-order valence-electron chi connectivity index (χ4n) is 3.48. The second kappa shape index (κ2) is 6.31. The highest BCUT2D eigenvalue weighted by Crippen LogP contribution is 2.29. The molecule has 1 amide bonds. The van der Waals surface area contributed by atoms with E-state index in [4.69, 9.17) is 9.40 Å². The van der Waals surface area contributed by atoms with Gasteiger partial charge < -0.3 is 14.3 Å². The van der Waals surface area contributed by atoms with E-state index in [-0.39, 0.29) is 18.0 Å². The van der Waals surface area contributed by atoms with E-state index >= 15 is 0 Å². The number of hydrogen-bond acceptors (Lipinski definition) is 5. The maximum atomic E-state index is 13.1. The Morgan fingerprint density at radius 3 is 3.00 bits per heavy atom. The number of carbonyl (C=O) groups excluding carboxylic acids is 1. The van der Waals surface area contributed by atoms with E-state index in [0.717, 1.165) is 21.8 Å². The summed E-state index contributed by atoms with van der Waals surface area (Å²) in [5, 5.41) is 4.47. The zero-order chi connectivity index (χ0) is 18.4. The Morgan fingerprint density at radius 1 is 1.26 bits per heavy atom. The average molecular weight is 380 g/mol. The molecular weight excluding hydrogens is 364 g/mol. The van der Waals surface area contributed by atoms with E-state index in [9.17, 15) is 9.59 Å². The Bertz CT molecular complexity index is 1220. The van der Waals surface area contributed by atoms with Crippen molar-refractivity contribution in [3.05, 3.63) is 58.8 Å². The number of nitrogens with one attached hydrogen (secondary N) is 1. The van der Waals surface area contributed by atoms with Gasteiger partial charge in [0.15, 0.2) is 5.16 Å². The van der Waals surface area contributed by atoms with E-state index < -0.39 is 0 Å². The van der Waals surface area contributed by atoms with Crippen molar-refractivity contribution in [3.63, 3.8) is 0 Å². The number of rotatable bonds is 4. The predicted molar refractivity (Wildman–Crippen MR) is 103 cm³/mol. The van der Waals surface area contributed by atoms with E-state index in [0.29, 0.717) is 29.9 Å². The fourth-order valence-corrected chi connectivity index (χ4v) is 4.43. The molecule has 0 bridgehead atoms. The first-order valence-electron chi connectivity index (χ1n) is 8.66. The lowest BCUT2D eigenvalue weighted by atomic mass is 10.2. The average Bonchev–Trinajstić information content (AvgIpc) is 3.41. The van der Waals surface area contributed by atoms with Crippen molar-refractivity contribution in [2.45, 2.75) is 24.8 Å². The molecule has 5 rings (SSSR count). The van der Waals surface area contributed by atoms with Crippen molar-refractivity contribution >= 4 is 39.6 Å². The highest BCUT2D eigenvalue weighted by Gasteiger charge is 2.23. The van der Waals surface area contributed by atoms with Crippen molar-refractivity contribution in [1.82, 2.24) is 19.4 Å². The number of hydrogen-bond donors (Lipinski definition) is 1. The molecular formula is C19H16N4O3S. The zero-order valence-corrected chi connectivity index (χ0v) is 15.2. The molecule has 8 heteroatoms. The molecule has 136 valence electrons. The molecule has 0 aliphatic carbocycles. The lowest BCUT2D eigenvalue weighted by molar-refractivity contribution is -0.121. The summed E-state index contributed by atoms with van der Waals surface area (Å²) in [4.78, 5) is 30.3. The standard InChI is InChI=1S/C19H16N4O3S/c24-15(20-10-12-4-3-8-26-12)11-23-14-6-2-1-5-13(14)16-17(23)18(25)22-7-9-27-19(22)21-16/h1-6,8H,7,9-11H2,(H,20,24). The van der Waals surface area contributed by atoms with Crippen molar-refractivity contribution in [3.8, 4) is 0 Å². The smallest absolute Gasteiger partial charge is 0.278 e. The van der Waals surface area contributed by atoms with Gasteiger partial charge in [0.2, 0.25) is 5.91 Å². The Morgan fingerprint density at radius 2 is 2.15 bits per heavy atom. The monoisotopic (exact) mass is 380 g/mol. The lowest BCUT2D eigenvalue weighted by Crippen LogP contribution is -2.29. The van der Waals surface area contributed by atoms with Crippen molar-refractivity contribution in [1.29, 1.82) is 0 Å². The van der Waals surface area contributed by atoms with Crippen LogP contribution in [0.3, 0.4) is 0 Å². The second-order valence-corrected chi connectivity index (χ2v) is 7.42. The third kappa shape index (κ3) is 2.64. The highest BCUT2D eigenvalue weighted by molar-refractivity contribution is 7.99. The minimum atomic E-state index is -0.187. The highest BCUT2D eigenvalue weighted by atomic mass is 32.2. The quantitative estimate of drug-likeness (QED) is 0.550. The summed E-state index contributed by atoms with van der Waals surface area (Å²) in [6.07, 6.45) is 1.57. The molecule has 1 aliphatic heterocycles. The molecule has 3 aromatic heterocycles. The molecule has 0 radical (unpaired) electrons. The van der Waals surface area contributed by atoms with Crippen LogP contribution in [-0.4, -0.2) is 25.8 Å². The van der Waals surface area contributed by atoms with Crippen molar-refractivity contribution in [2.75, 3.05) is 5.75 Å². The van der Waals surface area contributed by atoms with Gasteiger partial charge in [0.05, 0.1) is 18.3 Å². The van der Waals surface area contributed by atoms with Gasteiger partial charge in [-0.3, -0.25) is 14.2 Å². The van der Waals surface area contributed by atoms with Gasteiger partial charge in [-0.2, -0.15) is 0 Å². The SMILES string of the molecule is O=C(Cn1c2ccccc2c2nc3n(c(=O)c21)CCS3)NCc1ccco1. The summed E-state index contributed by atoms with van der Waals surface area (Å²) in [5.74, 6) is 1.34. The molecule has 1 N–H and O–H groups in total. The number of para-hydroxylation sites is 1. The minimum Gasteiger partial charge on any atom is -0.467 e. The van der Waals surface area contributed by atoms with Gasteiger partial charge in [0.1, 0.15) is 23.3 Å². The number of amides is 1. The summed E-state index contributed by atoms with van der Waals surface area (Å²) in [5.41, 5.74) is 1.89. The van der Waals surface area contributed by atoms with Crippen LogP contribution in [0.4, 0.5) is 0 Å². The predicted octanol–water partition coefficient (Wildman–Crippen LogP) is 2.37. The van der Waals surface area contributed by atoms with Gasteiger partial charge >= 0.3 is 0 Å².